The van der Waals surface area contributed by atoms with E-state index in [1.807, 2.05) is 0 Å². The minimum Gasteiger partial charge on any atom is -0.507 e. The number of phenolic OH excluding ortho intramolecular Hbond substituents is 1. The van der Waals surface area contributed by atoms with E-state index in [-0.39, 0.29) is 27.8 Å². The molecule has 1 fully saturated rings. The van der Waals surface area contributed by atoms with Gasteiger partial charge in [-0.2, -0.15) is 0 Å². The molecule has 0 saturated carbocycles. The lowest BCUT2D eigenvalue weighted by atomic mass is 10.1. The third-order valence-electron chi connectivity index (χ3n) is 4.43. The van der Waals surface area contributed by atoms with Crippen molar-refractivity contribution in [2.24, 2.45) is 0 Å². The highest BCUT2D eigenvalue weighted by Gasteiger charge is 2.35. The van der Waals surface area contributed by atoms with Gasteiger partial charge in [0.05, 0.1) is 5.56 Å². The maximum absolute atomic E-state index is 12.8. The number of nitrogens with zero attached hydrogens (tertiary/aromatic N) is 1. The number of likely N-dealkylation sites (tertiary alicyclic amines) is 1. The van der Waals surface area contributed by atoms with Crippen LogP contribution in [0.4, 0.5) is 0 Å². The van der Waals surface area contributed by atoms with Crippen LogP contribution in [0.1, 0.15) is 33.6 Å². The second-order valence-electron chi connectivity index (χ2n) is 6.42. The summed E-state index contributed by atoms with van der Waals surface area (Å²) in [7, 11) is 0. The van der Waals surface area contributed by atoms with Crippen LogP contribution in [-0.2, 0) is 4.79 Å². The van der Waals surface area contributed by atoms with Gasteiger partial charge in [0.2, 0.25) is 0 Å². The molecule has 7 nitrogen and oxygen atoms in total. The highest BCUT2D eigenvalue weighted by molar-refractivity contribution is 6.35. The van der Waals surface area contributed by atoms with Gasteiger partial charge < -0.3 is 10.0 Å². The summed E-state index contributed by atoms with van der Waals surface area (Å²) in [5.74, 6) is -1.96. The molecule has 2 aromatic rings. The lowest BCUT2D eigenvalue weighted by Crippen LogP contribution is -2.51. The first-order chi connectivity index (χ1) is 13.8. The molecule has 152 valence electrons. The maximum Gasteiger partial charge on any atom is 0.273 e. The van der Waals surface area contributed by atoms with Crippen LogP contribution in [0.2, 0.25) is 15.1 Å². The number of phenols is 1. The molecule has 1 unspecified atom stereocenters. The van der Waals surface area contributed by atoms with Crippen molar-refractivity contribution in [1.82, 2.24) is 15.8 Å². The number of halogens is 3. The molecule has 0 spiro atoms. The lowest BCUT2D eigenvalue weighted by molar-refractivity contribution is -0.125. The predicted octanol–water partition coefficient (Wildman–Crippen LogP) is 3.42. The number of nitrogens with one attached hydrogen (secondary N) is 2. The van der Waals surface area contributed by atoms with Crippen molar-refractivity contribution in [3.05, 3.63) is 62.6 Å². The molecule has 1 aliphatic heterocycles. The molecule has 3 amide bonds. The minimum absolute atomic E-state index is 0.0919. The van der Waals surface area contributed by atoms with E-state index in [9.17, 15) is 19.5 Å². The van der Waals surface area contributed by atoms with Crippen molar-refractivity contribution >= 4 is 52.5 Å². The lowest BCUT2D eigenvalue weighted by Gasteiger charge is -2.24. The van der Waals surface area contributed by atoms with Gasteiger partial charge in [-0.3, -0.25) is 25.2 Å². The smallest absolute Gasteiger partial charge is 0.273 e. The Bertz CT molecular complexity index is 963. The van der Waals surface area contributed by atoms with Gasteiger partial charge in [0.25, 0.3) is 17.7 Å². The van der Waals surface area contributed by atoms with Gasteiger partial charge in [-0.25, -0.2) is 0 Å². The molecule has 0 aliphatic carbocycles. The molecule has 3 rings (SSSR count). The topological polar surface area (TPSA) is 98.7 Å². The van der Waals surface area contributed by atoms with Crippen LogP contribution in [0.25, 0.3) is 0 Å². The first kappa shape index (κ1) is 21.2. The van der Waals surface area contributed by atoms with Gasteiger partial charge in [0.15, 0.2) is 0 Å². The molecule has 0 aromatic heterocycles. The number of carbonyl (C=O) groups is 3. The van der Waals surface area contributed by atoms with E-state index < -0.39 is 17.9 Å². The standard InChI is InChI=1S/C19H16Cl3N3O4/c20-11-3-4-16(26)14(9-11)17(27)23-24-18(28)15-2-1-5-25(15)19(29)10-6-12(21)8-13(22)7-10/h3-4,6-9,15,26H,1-2,5H2,(H,23,27)(H,24,28). The number of hydrogen-bond acceptors (Lipinski definition) is 4. The zero-order valence-electron chi connectivity index (χ0n) is 14.9. The predicted molar refractivity (Wildman–Crippen MR) is 109 cm³/mol. The van der Waals surface area contributed by atoms with Crippen molar-refractivity contribution < 1.29 is 19.5 Å². The molecule has 1 atom stereocenters. The van der Waals surface area contributed by atoms with Crippen molar-refractivity contribution in [2.45, 2.75) is 18.9 Å². The monoisotopic (exact) mass is 455 g/mol. The molecule has 3 N–H and O–H groups in total. The number of aromatic hydroxyl groups is 1. The Balaban J connectivity index is 1.67. The largest absolute Gasteiger partial charge is 0.507 e. The summed E-state index contributed by atoms with van der Waals surface area (Å²) < 4.78 is 0. The van der Waals surface area contributed by atoms with Crippen LogP contribution >= 0.6 is 34.8 Å². The van der Waals surface area contributed by atoms with Crippen LogP contribution in [0.3, 0.4) is 0 Å². The van der Waals surface area contributed by atoms with E-state index in [4.69, 9.17) is 34.8 Å². The van der Waals surface area contributed by atoms with Gasteiger partial charge in [0.1, 0.15) is 11.8 Å². The summed E-state index contributed by atoms with van der Waals surface area (Å²) in [4.78, 5) is 39.0. The summed E-state index contributed by atoms with van der Waals surface area (Å²) in [6, 6.07) is 7.66. The molecular formula is C19H16Cl3N3O4. The minimum atomic E-state index is -0.770. The first-order valence-electron chi connectivity index (χ1n) is 8.62. The fourth-order valence-corrected chi connectivity index (χ4v) is 3.78. The summed E-state index contributed by atoms with van der Waals surface area (Å²) in [5, 5.41) is 10.6. The number of carbonyl (C=O) groups excluding carboxylic acids is 3. The quantitative estimate of drug-likeness (QED) is 0.616. The summed E-state index contributed by atoms with van der Waals surface area (Å²) in [5.41, 5.74) is 4.70. The van der Waals surface area contributed by atoms with Crippen molar-refractivity contribution in [1.29, 1.82) is 0 Å². The number of hydrazine groups is 1. The summed E-state index contributed by atoms with van der Waals surface area (Å²) >= 11 is 17.7. The Labute approximate surface area is 181 Å². The highest BCUT2D eigenvalue weighted by Crippen LogP contribution is 2.25. The fourth-order valence-electron chi connectivity index (χ4n) is 3.08. The van der Waals surface area contributed by atoms with Gasteiger partial charge in [-0.1, -0.05) is 34.8 Å². The van der Waals surface area contributed by atoms with Gasteiger partial charge in [-0.15, -0.1) is 0 Å². The second-order valence-corrected chi connectivity index (χ2v) is 7.73. The van der Waals surface area contributed by atoms with Crippen LogP contribution in [0.5, 0.6) is 5.75 Å². The van der Waals surface area contributed by atoms with Crippen LogP contribution < -0.4 is 10.9 Å². The Morgan fingerprint density at radius 1 is 0.966 bits per heavy atom. The van der Waals surface area contributed by atoms with E-state index in [0.717, 1.165) is 0 Å². The normalized spacial score (nSPS) is 15.8. The molecular weight excluding hydrogens is 441 g/mol. The van der Waals surface area contributed by atoms with E-state index in [2.05, 4.69) is 10.9 Å². The zero-order valence-corrected chi connectivity index (χ0v) is 17.2. The van der Waals surface area contributed by atoms with Crippen molar-refractivity contribution in [2.75, 3.05) is 6.54 Å². The third-order valence-corrected chi connectivity index (χ3v) is 5.10. The van der Waals surface area contributed by atoms with E-state index in [1.165, 1.54) is 41.3 Å². The average molecular weight is 457 g/mol. The van der Waals surface area contributed by atoms with E-state index in [0.29, 0.717) is 29.4 Å². The SMILES string of the molecule is O=C(NNC(=O)C1CCCN1C(=O)c1cc(Cl)cc(Cl)c1)c1cc(Cl)ccc1O. The van der Waals surface area contributed by atoms with Crippen molar-refractivity contribution in [3.63, 3.8) is 0 Å². The molecule has 1 saturated heterocycles. The molecule has 10 heteroatoms. The van der Waals surface area contributed by atoms with Crippen LogP contribution in [-0.4, -0.2) is 40.3 Å². The van der Waals surface area contributed by atoms with E-state index >= 15 is 0 Å². The second kappa shape index (κ2) is 8.90. The Hall–Kier alpha value is -2.48. The molecule has 2 aromatic carbocycles. The number of benzene rings is 2. The molecule has 1 aliphatic rings. The molecule has 1 heterocycles. The number of amides is 3. The Morgan fingerprint density at radius 3 is 2.34 bits per heavy atom. The Kier molecular flexibility index (Phi) is 6.52. The van der Waals surface area contributed by atoms with Gasteiger partial charge in [-0.05, 0) is 49.2 Å². The van der Waals surface area contributed by atoms with Crippen LogP contribution in [0, 0.1) is 0 Å². The highest BCUT2D eigenvalue weighted by atomic mass is 35.5. The summed E-state index contributed by atoms with van der Waals surface area (Å²) in [6.07, 6.45) is 1.06. The molecule has 0 radical (unpaired) electrons. The fraction of sp³-hybridized carbons (Fsp3) is 0.211. The maximum atomic E-state index is 12.8. The van der Waals surface area contributed by atoms with Gasteiger partial charge >= 0.3 is 0 Å². The van der Waals surface area contributed by atoms with Crippen molar-refractivity contribution in [3.8, 4) is 5.75 Å². The average Bonchev–Trinajstić information content (AvgIpc) is 3.16. The summed E-state index contributed by atoms with van der Waals surface area (Å²) in [6.45, 7) is 0.379. The molecule has 29 heavy (non-hydrogen) atoms. The first-order valence-corrected chi connectivity index (χ1v) is 9.75. The Morgan fingerprint density at radius 2 is 1.66 bits per heavy atom. The van der Waals surface area contributed by atoms with Crippen LogP contribution in [0.15, 0.2) is 36.4 Å². The molecule has 0 bridgehead atoms. The third kappa shape index (κ3) is 4.93. The van der Waals surface area contributed by atoms with Gasteiger partial charge in [0, 0.05) is 27.2 Å². The zero-order chi connectivity index (χ0) is 21.1. The number of hydrogen-bond donors (Lipinski definition) is 3. The number of rotatable bonds is 3. The van der Waals surface area contributed by atoms with E-state index in [1.54, 1.807) is 0 Å².